The Balaban J connectivity index is 1.89. The fraction of sp³-hybridized carbons (Fsp3) is 0.286. The Hall–Kier alpha value is -0.680. The lowest BCUT2D eigenvalue weighted by molar-refractivity contribution is 0.447. The number of nitrogens with one attached hydrogen (secondary N) is 1. The van der Waals surface area contributed by atoms with Crippen LogP contribution in [0.5, 0.6) is 0 Å². The third-order valence-corrected chi connectivity index (χ3v) is 4.54. The second-order valence-electron chi connectivity index (χ2n) is 4.62. The SMILES string of the molecule is CC(N)(CNCc1cc(Br)cs1)c1ccccc1. The van der Waals surface area contributed by atoms with Crippen LogP contribution in [-0.4, -0.2) is 6.54 Å². The molecule has 1 aromatic carbocycles. The van der Waals surface area contributed by atoms with Crippen LogP contribution in [0.3, 0.4) is 0 Å². The van der Waals surface area contributed by atoms with E-state index in [2.05, 4.69) is 51.7 Å². The van der Waals surface area contributed by atoms with E-state index in [-0.39, 0.29) is 5.54 Å². The summed E-state index contributed by atoms with van der Waals surface area (Å²) < 4.78 is 1.14. The molecule has 0 aliphatic heterocycles. The topological polar surface area (TPSA) is 38.0 Å². The van der Waals surface area contributed by atoms with Crippen molar-refractivity contribution in [2.24, 2.45) is 5.73 Å². The van der Waals surface area contributed by atoms with Gasteiger partial charge in [-0.25, -0.2) is 0 Å². The molecule has 0 bridgehead atoms. The van der Waals surface area contributed by atoms with Gasteiger partial charge in [0.1, 0.15) is 0 Å². The second-order valence-corrected chi connectivity index (χ2v) is 6.53. The number of nitrogens with two attached hydrogens (primary N) is 1. The zero-order valence-electron chi connectivity index (χ0n) is 10.3. The third kappa shape index (κ3) is 3.65. The third-order valence-electron chi connectivity index (χ3n) is 2.85. The molecule has 0 fully saturated rings. The van der Waals surface area contributed by atoms with Gasteiger partial charge in [-0.1, -0.05) is 30.3 Å². The quantitative estimate of drug-likeness (QED) is 0.883. The molecule has 0 radical (unpaired) electrons. The smallest absolute Gasteiger partial charge is 0.0507 e. The maximum atomic E-state index is 6.34. The molecule has 0 saturated carbocycles. The van der Waals surface area contributed by atoms with E-state index in [1.165, 1.54) is 4.88 Å². The first-order valence-electron chi connectivity index (χ1n) is 5.86. The van der Waals surface area contributed by atoms with E-state index in [0.717, 1.165) is 23.1 Å². The molecule has 2 nitrogen and oxygen atoms in total. The van der Waals surface area contributed by atoms with E-state index >= 15 is 0 Å². The highest BCUT2D eigenvalue weighted by Crippen LogP contribution is 2.20. The zero-order chi connectivity index (χ0) is 13.0. The molecule has 0 amide bonds. The normalized spacial score (nSPS) is 14.4. The van der Waals surface area contributed by atoms with Gasteiger partial charge in [0.2, 0.25) is 0 Å². The van der Waals surface area contributed by atoms with E-state index in [1.54, 1.807) is 11.3 Å². The van der Waals surface area contributed by atoms with Gasteiger partial charge in [0, 0.05) is 27.8 Å². The van der Waals surface area contributed by atoms with Crippen molar-refractivity contribution in [3.8, 4) is 0 Å². The minimum absolute atomic E-state index is 0.338. The minimum atomic E-state index is -0.338. The first-order chi connectivity index (χ1) is 8.58. The van der Waals surface area contributed by atoms with Gasteiger partial charge in [-0.2, -0.15) is 0 Å². The molecular weight excluding hydrogens is 308 g/mol. The molecule has 96 valence electrons. The first kappa shape index (κ1) is 13.7. The highest BCUT2D eigenvalue weighted by atomic mass is 79.9. The largest absolute Gasteiger partial charge is 0.321 e. The Morgan fingerprint density at radius 1 is 1.33 bits per heavy atom. The summed E-state index contributed by atoms with van der Waals surface area (Å²) in [4.78, 5) is 1.31. The van der Waals surface area contributed by atoms with E-state index in [9.17, 15) is 0 Å². The Labute approximate surface area is 120 Å². The lowest BCUT2D eigenvalue weighted by Gasteiger charge is -2.25. The fourth-order valence-corrected chi connectivity index (χ4v) is 3.23. The van der Waals surface area contributed by atoms with Crippen molar-refractivity contribution >= 4 is 27.3 Å². The van der Waals surface area contributed by atoms with Crippen LogP contribution < -0.4 is 11.1 Å². The average Bonchev–Trinajstić information content (AvgIpc) is 2.76. The number of thiophene rings is 1. The molecule has 0 aliphatic rings. The molecule has 4 heteroatoms. The highest BCUT2D eigenvalue weighted by Gasteiger charge is 2.20. The zero-order valence-corrected chi connectivity index (χ0v) is 12.7. The van der Waals surface area contributed by atoms with Crippen LogP contribution >= 0.6 is 27.3 Å². The summed E-state index contributed by atoms with van der Waals surface area (Å²) in [6.07, 6.45) is 0. The molecule has 0 aliphatic carbocycles. The van der Waals surface area contributed by atoms with Gasteiger partial charge >= 0.3 is 0 Å². The maximum Gasteiger partial charge on any atom is 0.0507 e. The molecule has 3 N–H and O–H groups in total. The van der Waals surface area contributed by atoms with Crippen molar-refractivity contribution in [1.29, 1.82) is 0 Å². The van der Waals surface area contributed by atoms with E-state index in [1.807, 2.05) is 18.2 Å². The number of rotatable bonds is 5. The van der Waals surface area contributed by atoms with Gasteiger partial charge in [-0.3, -0.25) is 0 Å². The monoisotopic (exact) mass is 324 g/mol. The number of halogens is 1. The molecule has 1 atom stereocenters. The fourth-order valence-electron chi connectivity index (χ4n) is 1.81. The molecule has 2 rings (SSSR count). The van der Waals surface area contributed by atoms with Crippen LogP contribution in [0.25, 0.3) is 0 Å². The maximum absolute atomic E-state index is 6.34. The van der Waals surface area contributed by atoms with E-state index < -0.39 is 0 Å². The summed E-state index contributed by atoms with van der Waals surface area (Å²) in [5, 5.41) is 5.51. The van der Waals surface area contributed by atoms with Crippen LogP contribution in [0.4, 0.5) is 0 Å². The number of hydrogen-bond donors (Lipinski definition) is 2. The molecule has 2 aromatic rings. The van der Waals surface area contributed by atoms with Crippen molar-refractivity contribution in [1.82, 2.24) is 5.32 Å². The lowest BCUT2D eigenvalue weighted by atomic mass is 9.93. The Morgan fingerprint density at radius 3 is 2.67 bits per heavy atom. The minimum Gasteiger partial charge on any atom is -0.321 e. The van der Waals surface area contributed by atoms with Crippen molar-refractivity contribution < 1.29 is 0 Å². The Morgan fingerprint density at radius 2 is 2.06 bits per heavy atom. The van der Waals surface area contributed by atoms with Crippen molar-refractivity contribution in [2.45, 2.75) is 19.0 Å². The van der Waals surface area contributed by atoms with Crippen LogP contribution in [-0.2, 0) is 12.1 Å². The van der Waals surface area contributed by atoms with Crippen molar-refractivity contribution in [2.75, 3.05) is 6.54 Å². The molecule has 1 heterocycles. The molecule has 1 unspecified atom stereocenters. The first-order valence-corrected chi connectivity index (χ1v) is 7.53. The molecule has 18 heavy (non-hydrogen) atoms. The summed E-state index contributed by atoms with van der Waals surface area (Å²) in [5.74, 6) is 0. The van der Waals surface area contributed by atoms with Crippen LogP contribution in [0, 0.1) is 0 Å². The highest BCUT2D eigenvalue weighted by molar-refractivity contribution is 9.10. The standard InChI is InChI=1S/C14H17BrN2S/c1-14(16,11-5-3-2-4-6-11)10-17-8-13-7-12(15)9-18-13/h2-7,9,17H,8,10,16H2,1H3. The van der Waals surface area contributed by atoms with Gasteiger partial charge in [-0.05, 0) is 34.5 Å². The Bertz CT molecular complexity index is 494. The van der Waals surface area contributed by atoms with E-state index in [0.29, 0.717) is 0 Å². The molecule has 1 aromatic heterocycles. The van der Waals surface area contributed by atoms with Gasteiger partial charge < -0.3 is 11.1 Å². The summed E-state index contributed by atoms with van der Waals surface area (Å²) in [6.45, 7) is 3.67. The summed E-state index contributed by atoms with van der Waals surface area (Å²) in [5.41, 5.74) is 7.16. The van der Waals surface area contributed by atoms with Crippen LogP contribution in [0.1, 0.15) is 17.4 Å². The lowest BCUT2D eigenvalue weighted by Crippen LogP contribution is -2.43. The van der Waals surface area contributed by atoms with Gasteiger partial charge in [0.25, 0.3) is 0 Å². The van der Waals surface area contributed by atoms with Crippen molar-refractivity contribution in [3.63, 3.8) is 0 Å². The van der Waals surface area contributed by atoms with Gasteiger partial charge in [-0.15, -0.1) is 11.3 Å². The predicted octanol–water partition coefficient (Wildman–Crippen LogP) is 3.47. The van der Waals surface area contributed by atoms with Crippen molar-refractivity contribution in [3.05, 3.63) is 56.7 Å². The average molecular weight is 325 g/mol. The summed E-state index contributed by atoms with van der Waals surface area (Å²) >= 11 is 5.20. The van der Waals surface area contributed by atoms with Crippen LogP contribution in [0.15, 0.2) is 46.3 Å². The molecule has 0 saturated heterocycles. The predicted molar refractivity (Wildman–Crippen MR) is 81.7 cm³/mol. The Kier molecular flexibility index (Phi) is 4.56. The molecular formula is C14H17BrN2S. The summed E-state index contributed by atoms with van der Waals surface area (Å²) in [6, 6.07) is 12.3. The molecule has 0 spiro atoms. The number of benzene rings is 1. The van der Waals surface area contributed by atoms with Gasteiger partial charge in [0.15, 0.2) is 0 Å². The van der Waals surface area contributed by atoms with E-state index in [4.69, 9.17) is 5.73 Å². The summed E-state index contributed by atoms with van der Waals surface area (Å²) in [7, 11) is 0. The van der Waals surface area contributed by atoms with Gasteiger partial charge in [0.05, 0.1) is 5.54 Å². The van der Waals surface area contributed by atoms with Crippen LogP contribution in [0.2, 0.25) is 0 Å². The second kappa shape index (κ2) is 5.97. The number of hydrogen-bond acceptors (Lipinski definition) is 3.